The van der Waals surface area contributed by atoms with Crippen LogP contribution in [-0.2, 0) is 9.59 Å². The van der Waals surface area contributed by atoms with Crippen molar-refractivity contribution >= 4 is 11.9 Å². The molecule has 0 aromatic carbocycles. The first-order valence-corrected chi connectivity index (χ1v) is 6.15. The Morgan fingerprint density at radius 1 is 1.15 bits per heavy atom. The highest BCUT2D eigenvalue weighted by Crippen LogP contribution is 2.29. The summed E-state index contributed by atoms with van der Waals surface area (Å²) in [6.07, 6.45) is -4.12. The molecule has 0 radical (unpaired) electrons. The fourth-order valence-corrected chi connectivity index (χ4v) is 1.40. The lowest BCUT2D eigenvalue weighted by Crippen LogP contribution is -2.61. The van der Waals surface area contributed by atoms with Crippen LogP contribution in [0.1, 0.15) is 40.0 Å². The van der Waals surface area contributed by atoms with E-state index < -0.39 is 29.0 Å². The maximum absolute atomic E-state index is 12.5. The number of nitrogens with two attached hydrogens (primary N) is 1. The summed E-state index contributed by atoms with van der Waals surface area (Å²) in [6, 6.07) is 0. The predicted molar refractivity (Wildman–Crippen MR) is 66.9 cm³/mol. The number of alkyl halides is 3. The molecule has 0 saturated heterocycles. The van der Waals surface area contributed by atoms with E-state index in [1.54, 1.807) is 13.8 Å². The van der Waals surface area contributed by atoms with Gasteiger partial charge < -0.3 is 16.2 Å². The first kappa shape index (κ1) is 18.7. The number of carbonyl (C=O) groups is 2. The van der Waals surface area contributed by atoms with Crippen LogP contribution in [0.2, 0.25) is 0 Å². The van der Waals surface area contributed by atoms with E-state index in [1.165, 1.54) is 0 Å². The molecule has 0 saturated carbocycles. The smallest absolute Gasteiger partial charge is 0.415 e. The van der Waals surface area contributed by atoms with E-state index in [9.17, 15) is 22.8 Å². The molecule has 118 valence electrons. The van der Waals surface area contributed by atoms with Crippen LogP contribution >= 0.6 is 0 Å². The maximum atomic E-state index is 12.5. The minimum Gasteiger partial charge on any atom is -0.481 e. The number of amides is 1. The average Bonchev–Trinajstić information content (AvgIpc) is 2.24. The van der Waals surface area contributed by atoms with E-state index in [2.05, 4.69) is 5.32 Å². The fourth-order valence-electron chi connectivity index (χ4n) is 1.40. The summed E-state index contributed by atoms with van der Waals surface area (Å²) in [5.41, 5.74) is 1.64. The first-order chi connectivity index (χ1) is 8.79. The van der Waals surface area contributed by atoms with Gasteiger partial charge in [-0.25, -0.2) is 0 Å². The molecule has 1 amide bonds. The SMILES string of the molecule is CC(C)(CCNC(=O)C(C)(N)C(F)(F)F)CCC(=O)O. The van der Waals surface area contributed by atoms with Crippen molar-refractivity contribution in [1.29, 1.82) is 0 Å². The topological polar surface area (TPSA) is 92.4 Å². The van der Waals surface area contributed by atoms with E-state index in [0.717, 1.165) is 0 Å². The van der Waals surface area contributed by atoms with Gasteiger partial charge in [0, 0.05) is 13.0 Å². The molecule has 0 spiro atoms. The summed E-state index contributed by atoms with van der Waals surface area (Å²) in [5.74, 6) is -2.23. The third-order valence-corrected chi connectivity index (χ3v) is 3.16. The zero-order valence-corrected chi connectivity index (χ0v) is 11.8. The van der Waals surface area contributed by atoms with Crippen molar-refractivity contribution in [3.63, 3.8) is 0 Å². The van der Waals surface area contributed by atoms with Crippen molar-refractivity contribution in [3.8, 4) is 0 Å². The van der Waals surface area contributed by atoms with Crippen molar-refractivity contribution in [2.24, 2.45) is 11.1 Å². The summed E-state index contributed by atoms with van der Waals surface area (Å²) >= 11 is 0. The van der Waals surface area contributed by atoms with Gasteiger partial charge in [-0.2, -0.15) is 13.2 Å². The van der Waals surface area contributed by atoms with Crippen LogP contribution in [0.3, 0.4) is 0 Å². The van der Waals surface area contributed by atoms with Gasteiger partial charge in [0.15, 0.2) is 5.54 Å². The number of halogens is 3. The molecule has 0 aromatic rings. The van der Waals surface area contributed by atoms with Crippen LogP contribution in [0.25, 0.3) is 0 Å². The van der Waals surface area contributed by atoms with Crippen LogP contribution in [-0.4, -0.2) is 35.2 Å². The molecule has 20 heavy (non-hydrogen) atoms. The second kappa shape index (κ2) is 6.43. The summed E-state index contributed by atoms with van der Waals surface area (Å²) in [5, 5.41) is 10.7. The van der Waals surface area contributed by atoms with Gasteiger partial charge in [-0.15, -0.1) is 0 Å². The molecule has 0 fully saturated rings. The minimum atomic E-state index is -4.82. The molecule has 0 aliphatic carbocycles. The number of rotatable bonds is 7. The van der Waals surface area contributed by atoms with Gasteiger partial charge in [-0.3, -0.25) is 9.59 Å². The van der Waals surface area contributed by atoms with Gasteiger partial charge in [0.25, 0.3) is 0 Å². The normalized spacial score (nSPS) is 15.6. The molecule has 1 atom stereocenters. The van der Waals surface area contributed by atoms with E-state index in [1.807, 2.05) is 0 Å². The number of carboxylic acid groups (broad SMARTS) is 1. The number of carboxylic acids is 1. The summed E-state index contributed by atoms with van der Waals surface area (Å²) in [7, 11) is 0. The minimum absolute atomic E-state index is 0.00826. The Hall–Kier alpha value is -1.31. The van der Waals surface area contributed by atoms with Crippen molar-refractivity contribution in [3.05, 3.63) is 0 Å². The molecule has 0 aliphatic heterocycles. The number of hydrogen-bond acceptors (Lipinski definition) is 3. The standard InChI is InChI=1S/C12H21F3N2O3/c1-10(2,5-4-8(18)19)6-7-17-9(20)11(3,16)12(13,14)15/h4-7,16H2,1-3H3,(H,17,20)(H,18,19). The highest BCUT2D eigenvalue weighted by Gasteiger charge is 2.53. The summed E-state index contributed by atoms with van der Waals surface area (Å²) < 4.78 is 37.5. The average molecular weight is 298 g/mol. The van der Waals surface area contributed by atoms with Gasteiger partial charge in [0.05, 0.1) is 0 Å². The molecular formula is C12H21F3N2O3. The van der Waals surface area contributed by atoms with E-state index in [0.29, 0.717) is 19.8 Å². The van der Waals surface area contributed by atoms with E-state index in [-0.39, 0.29) is 13.0 Å². The lowest BCUT2D eigenvalue weighted by Gasteiger charge is -2.28. The molecule has 4 N–H and O–H groups in total. The monoisotopic (exact) mass is 298 g/mol. The second-order valence-corrected chi connectivity index (χ2v) is 5.76. The van der Waals surface area contributed by atoms with E-state index in [4.69, 9.17) is 10.8 Å². The molecule has 0 bridgehead atoms. The van der Waals surface area contributed by atoms with Crippen LogP contribution in [0.15, 0.2) is 0 Å². The fraction of sp³-hybridized carbons (Fsp3) is 0.833. The Kier molecular flexibility index (Phi) is 6.01. The van der Waals surface area contributed by atoms with Gasteiger partial charge in [-0.1, -0.05) is 13.8 Å². The van der Waals surface area contributed by atoms with Gasteiger partial charge in [0.2, 0.25) is 5.91 Å². The number of carbonyl (C=O) groups excluding carboxylic acids is 1. The van der Waals surface area contributed by atoms with Crippen molar-refractivity contribution < 1.29 is 27.9 Å². The quantitative estimate of drug-likeness (QED) is 0.666. The van der Waals surface area contributed by atoms with Gasteiger partial charge in [0.1, 0.15) is 0 Å². The van der Waals surface area contributed by atoms with Crippen LogP contribution in [0, 0.1) is 5.41 Å². The second-order valence-electron chi connectivity index (χ2n) is 5.76. The molecule has 5 nitrogen and oxygen atoms in total. The predicted octanol–water partition coefficient (Wildman–Crippen LogP) is 1.66. The molecule has 1 unspecified atom stereocenters. The Bertz CT molecular complexity index is 365. The molecular weight excluding hydrogens is 277 g/mol. The van der Waals surface area contributed by atoms with Crippen molar-refractivity contribution in [1.82, 2.24) is 5.32 Å². The zero-order valence-electron chi connectivity index (χ0n) is 11.8. The highest BCUT2D eigenvalue weighted by atomic mass is 19.4. The van der Waals surface area contributed by atoms with Gasteiger partial charge >= 0.3 is 12.1 Å². The molecule has 0 aliphatic rings. The Balaban J connectivity index is 4.31. The highest BCUT2D eigenvalue weighted by molar-refractivity contribution is 5.86. The molecule has 0 aromatic heterocycles. The summed E-state index contributed by atoms with van der Waals surface area (Å²) in [6.45, 7) is 4.19. The zero-order chi connectivity index (χ0) is 16.2. The van der Waals surface area contributed by atoms with E-state index >= 15 is 0 Å². The Labute approximate surface area is 115 Å². The van der Waals surface area contributed by atoms with Crippen molar-refractivity contribution in [2.45, 2.75) is 51.7 Å². The van der Waals surface area contributed by atoms with Crippen LogP contribution in [0.4, 0.5) is 13.2 Å². The lowest BCUT2D eigenvalue weighted by atomic mass is 9.84. The van der Waals surface area contributed by atoms with Crippen LogP contribution in [0.5, 0.6) is 0 Å². The lowest BCUT2D eigenvalue weighted by molar-refractivity contribution is -0.187. The largest absolute Gasteiger partial charge is 0.481 e. The van der Waals surface area contributed by atoms with Crippen LogP contribution < -0.4 is 11.1 Å². The molecule has 8 heteroatoms. The third-order valence-electron chi connectivity index (χ3n) is 3.16. The maximum Gasteiger partial charge on any atom is 0.415 e. The summed E-state index contributed by atoms with van der Waals surface area (Å²) in [4.78, 5) is 21.9. The third kappa shape index (κ3) is 5.77. The number of aliphatic carboxylic acids is 1. The molecule has 0 rings (SSSR count). The Morgan fingerprint density at radius 2 is 1.65 bits per heavy atom. The number of nitrogens with one attached hydrogen (secondary N) is 1. The first-order valence-electron chi connectivity index (χ1n) is 6.15. The van der Waals surface area contributed by atoms with Gasteiger partial charge in [-0.05, 0) is 25.2 Å². The van der Waals surface area contributed by atoms with Crippen molar-refractivity contribution in [2.75, 3.05) is 6.54 Å². The number of hydrogen-bond donors (Lipinski definition) is 3. The Morgan fingerprint density at radius 3 is 2.05 bits per heavy atom. The molecule has 0 heterocycles.